The molecular weight excluding hydrogens is 244 g/mol. The predicted octanol–water partition coefficient (Wildman–Crippen LogP) is 2.76. The Hall–Kier alpha value is -0.870. The highest BCUT2D eigenvalue weighted by molar-refractivity contribution is 7.99. The maximum atomic E-state index is 7.41. The number of amidine groups is 1. The normalized spacial score (nSPS) is 10.1. The quantitative estimate of drug-likeness (QED) is 0.469. The van der Waals surface area contributed by atoms with Gasteiger partial charge in [-0.15, -0.1) is 0 Å². The summed E-state index contributed by atoms with van der Waals surface area (Å²) in [6.07, 6.45) is 0. The molecule has 0 heterocycles. The molecule has 3 N–H and O–H groups in total. The zero-order valence-corrected chi connectivity index (χ0v) is 10.7. The van der Waals surface area contributed by atoms with Crippen LogP contribution >= 0.6 is 23.4 Å². The van der Waals surface area contributed by atoms with Crippen molar-refractivity contribution < 1.29 is 4.74 Å². The zero-order chi connectivity index (χ0) is 12.0. The number of benzene rings is 1. The third-order valence-electron chi connectivity index (χ3n) is 1.92. The second-order valence-electron chi connectivity index (χ2n) is 3.10. The molecule has 1 aromatic carbocycles. The topological polar surface area (TPSA) is 59.1 Å². The van der Waals surface area contributed by atoms with Gasteiger partial charge in [-0.2, -0.15) is 11.8 Å². The molecule has 0 saturated heterocycles. The minimum Gasteiger partial charge on any atom is -0.492 e. The number of halogens is 1. The summed E-state index contributed by atoms with van der Waals surface area (Å²) in [4.78, 5) is 0. The predicted molar refractivity (Wildman–Crippen MR) is 71.0 cm³/mol. The number of thioether (sulfide) groups is 1. The first-order chi connectivity index (χ1) is 7.65. The first-order valence-corrected chi connectivity index (χ1v) is 6.53. The van der Waals surface area contributed by atoms with E-state index in [1.807, 2.05) is 0 Å². The van der Waals surface area contributed by atoms with Crippen molar-refractivity contribution in [3.8, 4) is 5.75 Å². The lowest BCUT2D eigenvalue weighted by Gasteiger charge is -2.10. The Balaban J connectivity index is 2.68. The van der Waals surface area contributed by atoms with E-state index in [2.05, 4.69) is 6.92 Å². The summed E-state index contributed by atoms with van der Waals surface area (Å²) < 4.78 is 5.56. The number of hydrogen-bond acceptors (Lipinski definition) is 3. The van der Waals surface area contributed by atoms with Crippen LogP contribution in [0.2, 0.25) is 5.02 Å². The summed E-state index contributed by atoms with van der Waals surface area (Å²) in [5.41, 5.74) is 6.04. The van der Waals surface area contributed by atoms with Crippen LogP contribution in [0.1, 0.15) is 12.5 Å². The van der Waals surface area contributed by atoms with Gasteiger partial charge in [-0.3, -0.25) is 5.41 Å². The van der Waals surface area contributed by atoms with Gasteiger partial charge in [-0.05, 0) is 24.0 Å². The standard InChI is InChI=1S/C11H15ClN2OS/c1-2-16-6-5-15-10-7-8(12)3-4-9(10)11(13)14/h3-4,7H,2,5-6H2,1H3,(H3,13,14). The molecular formula is C11H15ClN2OS. The number of nitrogens with two attached hydrogens (primary N) is 1. The van der Waals surface area contributed by atoms with Gasteiger partial charge in [-0.1, -0.05) is 18.5 Å². The van der Waals surface area contributed by atoms with Crippen molar-refractivity contribution in [2.75, 3.05) is 18.1 Å². The second-order valence-corrected chi connectivity index (χ2v) is 4.93. The molecule has 0 saturated carbocycles. The van der Waals surface area contributed by atoms with Crippen LogP contribution in [0.3, 0.4) is 0 Å². The lowest BCUT2D eigenvalue weighted by atomic mass is 10.2. The molecule has 3 nitrogen and oxygen atoms in total. The molecule has 0 unspecified atom stereocenters. The lowest BCUT2D eigenvalue weighted by molar-refractivity contribution is 0.343. The van der Waals surface area contributed by atoms with E-state index >= 15 is 0 Å². The Morgan fingerprint density at radius 2 is 2.31 bits per heavy atom. The van der Waals surface area contributed by atoms with Gasteiger partial charge in [-0.25, -0.2) is 0 Å². The van der Waals surface area contributed by atoms with Crippen LogP contribution in [0.15, 0.2) is 18.2 Å². The minimum absolute atomic E-state index is 0.00480. The van der Waals surface area contributed by atoms with Gasteiger partial charge in [0.1, 0.15) is 11.6 Å². The third kappa shape index (κ3) is 3.94. The Kier molecular flexibility index (Phi) is 5.49. The van der Waals surface area contributed by atoms with Crippen molar-refractivity contribution >= 4 is 29.2 Å². The summed E-state index contributed by atoms with van der Waals surface area (Å²) in [5, 5.41) is 8.00. The first kappa shape index (κ1) is 13.2. The maximum absolute atomic E-state index is 7.41. The Bertz CT molecular complexity index is 371. The Morgan fingerprint density at radius 3 is 2.94 bits per heavy atom. The van der Waals surface area contributed by atoms with E-state index in [9.17, 15) is 0 Å². The molecule has 0 aliphatic carbocycles. The fourth-order valence-corrected chi connectivity index (χ4v) is 1.84. The molecule has 0 aromatic heterocycles. The van der Waals surface area contributed by atoms with Gasteiger partial charge < -0.3 is 10.5 Å². The van der Waals surface area contributed by atoms with Crippen molar-refractivity contribution in [3.05, 3.63) is 28.8 Å². The minimum atomic E-state index is -0.00480. The molecule has 88 valence electrons. The summed E-state index contributed by atoms with van der Waals surface area (Å²) in [6.45, 7) is 2.70. The SMILES string of the molecule is CCSCCOc1cc(Cl)ccc1C(=N)N. The number of nitrogen functional groups attached to an aromatic ring is 1. The van der Waals surface area contributed by atoms with Crippen LogP contribution < -0.4 is 10.5 Å². The van der Waals surface area contributed by atoms with Crippen molar-refractivity contribution in [3.63, 3.8) is 0 Å². The van der Waals surface area contributed by atoms with Crippen LogP contribution in [0.5, 0.6) is 5.75 Å². The lowest BCUT2D eigenvalue weighted by Crippen LogP contribution is -2.13. The molecule has 16 heavy (non-hydrogen) atoms. The van der Waals surface area contributed by atoms with Gasteiger partial charge in [0.25, 0.3) is 0 Å². The van der Waals surface area contributed by atoms with E-state index in [1.165, 1.54) is 0 Å². The van der Waals surface area contributed by atoms with Gasteiger partial charge in [0.05, 0.1) is 12.2 Å². The van der Waals surface area contributed by atoms with Crippen molar-refractivity contribution in [2.24, 2.45) is 5.73 Å². The molecule has 0 radical (unpaired) electrons. The van der Waals surface area contributed by atoms with Crippen molar-refractivity contribution in [2.45, 2.75) is 6.92 Å². The summed E-state index contributed by atoms with van der Waals surface area (Å²) in [6, 6.07) is 5.09. The molecule has 0 aliphatic heterocycles. The van der Waals surface area contributed by atoms with E-state index in [4.69, 9.17) is 27.5 Å². The van der Waals surface area contributed by atoms with E-state index in [0.717, 1.165) is 11.5 Å². The van der Waals surface area contributed by atoms with Gasteiger partial charge in [0.2, 0.25) is 0 Å². The maximum Gasteiger partial charge on any atom is 0.131 e. The van der Waals surface area contributed by atoms with E-state index in [-0.39, 0.29) is 5.84 Å². The van der Waals surface area contributed by atoms with Crippen LogP contribution in [0, 0.1) is 5.41 Å². The third-order valence-corrected chi connectivity index (χ3v) is 3.02. The highest BCUT2D eigenvalue weighted by Gasteiger charge is 2.07. The molecule has 0 bridgehead atoms. The van der Waals surface area contributed by atoms with Gasteiger partial charge >= 0.3 is 0 Å². The number of ether oxygens (including phenoxy) is 1. The highest BCUT2D eigenvalue weighted by Crippen LogP contribution is 2.23. The summed E-state index contributed by atoms with van der Waals surface area (Å²) in [5.74, 6) is 2.56. The smallest absolute Gasteiger partial charge is 0.131 e. The number of hydrogen-bond donors (Lipinski definition) is 2. The average molecular weight is 259 g/mol. The van der Waals surface area contributed by atoms with Crippen LogP contribution in [0.25, 0.3) is 0 Å². The first-order valence-electron chi connectivity index (χ1n) is 4.99. The number of rotatable bonds is 6. The molecule has 0 aliphatic rings. The zero-order valence-electron chi connectivity index (χ0n) is 9.13. The molecule has 1 rings (SSSR count). The monoisotopic (exact) mass is 258 g/mol. The van der Waals surface area contributed by atoms with E-state index in [0.29, 0.717) is 22.9 Å². The Morgan fingerprint density at radius 1 is 1.56 bits per heavy atom. The van der Waals surface area contributed by atoms with Crippen molar-refractivity contribution in [1.29, 1.82) is 5.41 Å². The van der Waals surface area contributed by atoms with Crippen molar-refractivity contribution in [1.82, 2.24) is 0 Å². The van der Waals surface area contributed by atoms with Gasteiger partial charge in [0.15, 0.2) is 0 Å². The average Bonchev–Trinajstić information content (AvgIpc) is 2.24. The van der Waals surface area contributed by atoms with E-state index < -0.39 is 0 Å². The largest absolute Gasteiger partial charge is 0.492 e. The second kappa shape index (κ2) is 6.66. The van der Waals surface area contributed by atoms with Crippen LogP contribution in [-0.2, 0) is 0 Å². The van der Waals surface area contributed by atoms with Crippen LogP contribution in [0.4, 0.5) is 0 Å². The fourth-order valence-electron chi connectivity index (χ4n) is 1.19. The number of nitrogens with one attached hydrogen (secondary N) is 1. The molecule has 5 heteroatoms. The molecule has 0 fully saturated rings. The fraction of sp³-hybridized carbons (Fsp3) is 0.364. The Labute approximate surface area is 105 Å². The van der Waals surface area contributed by atoms with Gasteiger partial charge in [0, 0.05) is 10.8 Å². The highest BCUT2D eigenvalue weighted by atomic mass is 35.5. The molecule has 1 aromatic rings. The molecule has 0 spiro atoms. The summed E-state index contributed by atoms with van der Waals surface area (Å²) >= 11 is 7.67. The molecule has 0 atom stereocenters. The molecule has 0 amide bonds. The summed E-state index contributed by atoms with van der Waals surface area (Å²) in [7, 11) is 0. The van der Waals surface area contributed by atoms with E-state index in [1.54, 1.807) is 30.0 Å². The van der Waals surface area contributed by atoms with Crippen LogP contribution in [-0.4, -0.2) is 23.9 Å².